The highest BCUT2D eigenvalue weighted by molar-refractivity contribution is 4.81. The topological polar surface area (TPSA) is 48.2 Å². The molecular formula is C10H19N3O2. The third-order valence-corrected chi connectivity index (χ3v) is 2.27. The fraction of sp³-hybridized carbons (Fsp3) is 0.700. The highest BCUT2D eigenvalue weighted by Gasteiger charge is 1.99. The fourth-order valence-corrected chi connectivity index (χ4v) is 1.36. The summed E-state index contributed by atoms with van der Waals surface area (Å²) >= 11 is 0. The van der Waals surface area contributed by atoms with E-state index in [1.54, 1.807) is 16.2 Å². The third kappa shape index (κ3) is 3.53. The van der Waals surface area contributed by atoms with Gasteiger partial charge in [0, 0.05) is 45.7 Å². The van der Waals surface area contributed by atoms with Crippen molar-refractivity contribution in [2.75, 3.05) is 26.8 Å². The van der Waals surface area contributed by atoms with Crippen LogP contribution in [0.1, 0.15) is 6.92 Å². The zero-order chi connectivity index (χ0) is 11.1. The lowest BCUT2D eigenvalue weighted by Gasteiger charge is -2.03. The number of rotatable bonds is 7. The van der Waals surface area contributed by atoms with Crippen molar-refractivity contribution in [3.05, 3.63) is 22.9 Å². The number of nitrogens with zero attached hydrogens (tertiary/aromatic N) is 2. The van der Waals surface area contributed by atoms with Gasteiger partial charge in [0.05, 0.1) is 6.61 Å². The van der Waals surface area contributed by atoms with Gasteiger partial charge in [-0.15, -0.1) is 0 Å². The minimum absolute atomic E-state index is 0.0611. The van der Waals surface area contributed by atoms with Crippen molar-refractivity contribution in [2.24, 2.45) is 0 Å². The lowest BCUT2D eigenvalue weighted by atomic mass is 10.5. The molecule has 0 aliphatic heterocycles. The Morgan fingerprint density at radius 3 is 2.67 bits per heavy atom. The third-order valence-electron chi connectivity index (χ3n) is 2.27. The molecule has 0 atom stereocenters. The quantitative estimate of drug-likeness (QED) is 0.644. The summed E-state index contributed by atoms with van der Waals surface area (Å²) in [4.78, 5) is 11.6. The molecule has 5 nitrogen and oxygen atoms in total. The molecule has 0 unspecified atom stereocenters. The molecule has 15 heavy (non-hydrogen) atoms. The van der Waals surface area contributed by atoms with Crippen LogP contribution in [0.2, 0.25) is 0 Å². The molecule has 1 N–H and O–H groups in total. The molecule has 0 amide bonds. The molecule has 0 aromatic carbocycles. The van der Waals surface area contributed by atoms with Crippen molar-refractivity contribution in [1.29, 1.82) is 0 Å². The van der Waals surface area contributed by atoms with E-state index in [1.807, 2.05) is 19.3 Å². The van der Waals surface area contributed by atoms with Crippen LogP contribution in [-0.2, 0) is 17.8 Å². The number of methoxy groups -OCH3 is 1. The van der Waals surface area contributed by atoms with Gasteiger partial charge < -0.3 is 10.1 Å². The maximum absolute atomic E-state index is 11.6. The number of nitrogens with one attached hydrogen (secondary N) is 1. The monoisotopic (exact) mass is 213 g/mol. The maximum Gasteiger partial charge on any atom is 0.328 e. The predicted octanol–water partition coefficient (Wildman–Crippen LogP) is -0.0943. The summed E-state index contributed by atoms with van der Waals surface area (Å²) in [5, 5.41) is 3.20. The first kappa shape index (κ1) is 12.0. The average molecular weight is 213 g/mol. The molecule has 1 aromatic heterocycles. The Bertz CT molecular complexity index is 330. The number of imidazole rings is 1. The SMILES string of the molecule is CCn1ccn(CCNCCOC)c1=O. The van der Waals surface area contributed by atoms with Crippen LogP contribution in [-0.4, -0.2) is 35.9 Å². The second-order valence-electron chi connectivity index (χ2n) is 3.30. The smallest absolute Gasteiger partial charge is 0.328 e. The number of aromatic nitrogens is 2. The first-order valence-electron chi connectivity index (χ1n) is 5.24. The number of ether oxygens (including phenoxy) is 1. The van der Waals surface area contributed by atoms with Crippen LogP contribution in [0.5, 0.6) is 0 Å². The second kappa shape index (κ2) is 6.42. The summed E-state index contributed by atoms with van der Waals surface area (Å²) in [7, 11) is 1.67. The molecule has 0 bridgehead atoms. The first-order valence-corrected chi connectivity index (χ1v) is 5.24. The molecule has 0 aliphatic rings. The summed E-state index contributed by atoms with van der Waals surface area (Å²) in [6, 6.07) is 0. The van der Waals surface area contributed by atoms with Crippen molar-refractivity contribution in [3.8, 4) is 0 Å². The van der Waals surface area contributed by atoms with Gasteiger partial charge in [-0.1, -0.05) is 0 Å². The zero-order valence-electron chi connectivity index (χ0n) is 9.40. The molecule has 86 valence electrons. The number of aryl methyl sites for hydroxylation is 1. The largest absolute Gasteiger partial charge is 0.383 e. The predicted molar refractivity (Wildman–Crippen MR) is 59.1 cm³/mol. The summed E-state index contributed by atoms with van der Waals surface area (Å²) in [5.74, 6) is 0. The molecule has 1 heterocycles. The molecule has 0 spiro atoms. The Kier molecular flexibility index (Phi) is 5.14. The van der Waals surface area contributed by atoms with Crippen molar-refractivity contribution < 1.29 is 4.74 Å². The second-order valence-corrected chi connectivity index (χ2v) is 3.30. The van der Waals surface area contributed by atoms with Gasteiger partial charge >= 0.3 is 5.69 Å². The molecule has 0 saturated heterocycles. The first-order chi connectivity index (χ1) is 7.29. The van der Waals surface area contributed by atoms with Crippen LogP contribution in [0.3, 0.4) is 0 Å². The van der Waals surface area contributed by atoms with Crippen LogP contribution in [0, 0.1) is 0 Å². The van der Waals surface area contributed by atoms with E-state index in [4.69, 9.17) is 4.74 Å². The van der Waals surface area contributed by atoms with E-state index >= 15 is 0 Å². The Hall–Kier alpha value is -1.07. The van der Waals surface area contributed by atoms with Crippen LogP contribution in [0.15, 0.2) is 17.2 Å². The van der Waals surface area contributed by atoms with Gasteiger partial charge in [-0.05, 0) is 6.92 Å². The van der Waals surface area contributed by atoms with Gasteiger partial charge in [0.2, 0.25) is 0 Å². The molecule has 1 rings (SSSR count). The van der Waals surface area contributed by atoms with Crippen molar-refractivity contribution in [1.82, 2.24) is 14.5 Å². The van der Waals surface area contributed by atoms with E-state index in [-0.39, 0.29) is 5.69 Å². The normalized spacial score (nSPS) is 10.8. The summed E-state index contributed by atoms with van der Waals surface area (Å²) in [5.41, 5.74) is 0.0611. The van der Waals surface area contributed by atoms with Crippen molar-refractivity contribution in [3.63, 3.8) is 0 Å². The van der Waals surface area contributed by atoms with Gasteiger partial charge in [0.15, 0.2) is 0 Å². The van der Waals surface area contributed by atoms with E-state index in [9.17, 15) is 4.79 Å². The van der Waals surface area contributed by atoms with Crippen molar-refractivity contribution >= 4 is 0 Å². The van der Waals surface area contributed by atoms with E-state index < -0.39 is 0 Å². The number of hydrogen-bond acceptors (Lipinski definition) is 3. The molecule has 0 saturated carbocycles. The summed E-state index contributed by atoms with van der Waals surface area (Å²) in [6.07, 6.45) is 3.64. The van der Waals surface area contributed by atoms with Gasteiger partial charge in [0.25, 0.3) is 0 Å². The van der Waals surface area contributed by atoms with Crippen LogP contribution in [0.25, 0.3) is 0 Å². The maximum atomic E-state index is 11.6. The molecule has 0 aliphatic carbocycles. The molecule has 5 heteroatoms. The zero-order valence-corrected chi connectivity index (χ0v) is 9.40. The van der Waals surface area contributed by atoms with E-state index in [1.165, 1.54) is 0 Å². The Morgan fingerprint density at radius 2 is 2.07 bits per heavy atom. The highest BCUT2D eigenvalue weighted by Crippen LogP contribution is 1.84. The highest BCUT2D eigenvalue weighted by atomic mass is 16.5. The Labute approximate surface area is 89.7 Å². The van der Waals surface area contributed by atoms with Crippen LogP contribution >= 0.6 is 0 Å². The van der Waals surface area contributed by atoms with Crippen LogP contribution in [0.4, 0.5) is 0 Å². The average Bonchev–Trinajstić information content (AvgIpc) is 2.60. The van der Waals surface area contributed by atoms with Gasteiger partial charge in [-0.25, -0.2) is 4.79 Å². The lowest BCUT2D eigenvalue weighted by Crippen LogP contribution is -2.29. The van der Waals surface area contributed by atoms with Gasteiger partial charge in [-0.3, -0.25) is 9.13 Å². The van der Waals surface area contributed by atoms with E-state index in [2.05, 4.69) is 5.32 Å². The minimum atomic E-state index is 0.0611. The van der Waals surface area contributed by atoms with Crippen molar-refractivity contribution in [2.45, 2.75) is 20.0 Å². The molecule has 0 radical (unpaired) electrons. The lowest BCUT2D eigenvalue weighted by molar-refractivity contribution is 0.199. The van der Waals surface area contributed by atoms with E-state index in [0.29, 0.717) is 13.2 Å². The number of hydrogen-bond donors (Lipinski definition) is 1. The Morgan fingerprint density at radius 1 is 1.33 bits per heavy atom. The van der Waals surface area contributed by atoms with Gasteiger partial charge in [-0.2, -0.15) is 0 Å². The summed E-state index contributed by atoms with van der Waals surface area (Å²) in [6.45, 7) is 5.70. The standard InChI is InChI=1S/C10H19N3O2/c1-3-12-7-8-13(10(12)14)6-4-11-5-9-15-2/h7-8,11H,3-6,9H2,1-2H3. The Balaban J connectivity index is 2.31. The van der Waals surface area contributed by atoms with Crippen LogP contribution < -0.4 is 11.0 Å². The van der Waals surface area contributed by atoms with E-state index in [0.717, 1.165) is 19.6 Å². The molecule has 1 aromatic rings. The molecule has 0 fully saturated rings. The fourth-order valence-electron chi connectivity index (χ4n) is 1.36. The summed E-state index contributed by atoms with van der Waals surface area (Å²) < 4.78 is 8.31. The molecular weight excluding hydrogens is 194 g/mol. The minimum Gasteiger partial charge on any atom is -0.383 e. The van der Waals surface area contributed by atoms with Gasteiger partial charge in [0.1, 0.15) is 0 Å².